The molecule has 3 aromatic rings. The van der Waals surface area contributed by atoms with Gasteiger partial charge in [0.1, 0.15) is 12.6 Å². The number of hydrogen-bond donors (Lipinski definition) is 1. The third kappa shape index (κ3) is 7.41. The standard InChI is InChI=1S/C28H32N4O6S/c1-4-18-29-28(34)22(3)30(19-23-12-10-21(2)11-13-23)27(33)20-31(24-14-16-25(17-15-24)32(35)36)39(37,38)26-8-6-5-7-9-26/h5-17,22H,4,18-20H2,1-3H3,(H,29,34)/t22-/m0/s1. The molecule has 0 unspecified atom stereocenters. The fourth-order valence-corrected chi connectivity index (χ4v) is 5.29. The van der Waals surface area contributed by atoms with Crippen molar-refractivity contribution in [3.8, 4) is 0 Å². The van der Waals surface area contributed by atoms with Crippen molar-refractivity contribution < 1.29 is 22.9 Å². The van der Waals surface area contributed by atoms with E-state index in [2.05, 4.69) is 5.32 Å². The minimum Gasteiger partial charge on any atom is -0.354 e. The second kappa shape index (κ2) is 13.0. The van der Waals surface area contributed by atoms with Crippen LogP contribution in [0, 0.1) is 17.0 Å². The molecule has 3 rings (SSSR count). The van der Waals surface area contributed by atoms with Gasteiger partial charge in [-0.1, -0.05) is 55.0 Å². The maximum atomic E-state index is 13.8. The van der Waals surface area contributed by atoms with Crippen LogP contribution in [0.4, 0.5) is 11.4 Å². The van der Waals surface area contributed by atoms with Crippen LogP contribution >= 0.6 is 0 Å². The lowest BCUT2D eigenvalue weighted by molar-refractivity contribution is -0.384. The molecule has 0 bridgehead atoms. The summed E-state index contributed by atoms with van der Waals surface area (Å²) in [7, 11) is -4.24. The molecule has 0 aliphatic rings. The van der Waals surface area contributed by atoms with Crippen molar-refractivity contribution >= 4 is 33.2 Å². The Bertz CT molecular complexity index is 1390. The molecule has 0 saturated heterocycles. The van der Waals surface area contributed by atoms with Gasteiger partial charge in [0.2, 0.25) is 11.8 Å². The third-order valence-corrected chi connectivity index (χ3v) is 7.94. The van der Waals surface area contributed by atoms with Crippen LogP contribution in [-0.4, -0.2) is 49.2 Å². The number of nitrogens with one attached hydrogen (secondary N) is 1. The molecular formula is C28H32N4O6S. The molecular weight excluding hydrogens is 520 g/mol. The van der Waals surface area contributed by atoms with E-state index in [1.54, 1.807) is 25.1 Å². The Hall–Kier alpha value is -4.25. The van der Waals surface area contributed by atoms with Gasteiger partial charge in [0.15, 0.2) is 0 Å². The van der Waals surface area contributed by atoms with E-state index in [4.69, 9.17) is 0 Å². The molecule has 0 aliphatic heterocycles. The van der Waals surface area contributed by atoms with Gasteiger partial charge < -0.3 is 10.2 Å². The summed E-state index contributed by atoms with van der Waals surface area (Å²) >= 11 is 0. The van der Waals surface area contributed by atoms with Crippen LogP contribution in [0.25, 0.3) is 0 Å². The van der Waals surface area contributed by atoms with Crippen LogP contribution in [0.1, 0.15) is 31.4 Å². The highest BCUT2D eigenvalue weighted by molar-refractivity contribution is 7.92. The molecule has 0 saturated carbocycles. The summed E-state index contributed by atoms with van der Waals surface area (Å²) in [6, 6.07) is 19.1. The molecule has 11 heteroatoms. The lowest BCUT2D eigenvalue weighted by Crippen LogP contribution is -2.51. The van der Waals surface area contributed by atoms with Crippen molar-refractivity contribution in [3.05, 3.63) is 100 Å². The fraction of sp³-hybridized carbons (Fsp3) is 0.286. The topological polar surface area (TPSA) is 130 Å². The number of rotatable bonds is 12. The number of carbonyl (C=O) groups excluding carboxylic acids is 2. The summed E-state index contributed by atoms with van der Waals surface area (Å²) in [4.78, 5) is 38.5. The van der Waals surface area contributed by atoms with E-state index in [0.29, 0.717) is 13.0 Å². The maximum absolute atomic E-state index is 13.8. The van der Waals surface area contributed by atoms with Crippen LogP contribution in [0.3, 0.4) is 0 Å². The van der Waals surface area contributed by atoms with Crippen molar-refractivity contribution in [2.75, 3.05) is 17.4 Å². The average Bonchev–Trinajstić information content (AvgIpc) is 2.94. The van der Waals surface area contributed by atoms with Gasteiger partial charge in [-0.05, 0) is 50.1 Å². The van der Waals surface area contributed by atoms with Crippen molar-refractivity contribution in [1.82, 2.24) is 10.2 Å². The van der Waals surface area contributed by atoms with E-state index in [-0.39, 0.29) is 28.7 Å². The smallest absolute Gasteiger partial charge is 0.269 e. The predicted octanol–water partition coefficient (Wildman–Crippen LogP) is 4.04. The number of nitrogens with zero attached hydrogens (tertiary/aromatic N) is 3. The molecule has 2 amide bonds. The quantitative estimate of drug-likeness (QED) is 0.267. The van der Waals surface area contributed by atoms with E-state index in [0.717, 1.165) is 15.4 Å². The monoisotopic (exact) mass is 552 g/mol. The second-order valence-electron chi connectivity index (χ2n) is 9.07. The van der Waals surface area contributed by atoms with Gasteiger partial charge in [0.25, 0.3) is 15.7 Å². The Labute approximate surface area is 228 Å². The maximum Gasteiger partial charge on any atom is 0.269 e. The highest BCUT2D eigenvalue weighted by atomic mass is 32.2. The largest absolute Gasteiger partial charge is 0.354 e. The van der Waals surface area contributed by atoms with E-state index < -0.39 is 33.4 Å². The van der Waals surface area contributed by atoms with Gasteiger partial charge in [-0.2, -0.15) is 0 Å². The summed E-state index contributed by atoms with van der Waals surface area (Å²) in [5, 5.41) is 13.9. The van der Waals surface area contributed by atoms with E-state index in [9.17, 15) is 28.1 Å². The number of carbonyl (C=O) groups is 2. The summed E-state index contributed by atoms with van der Waals surface area (Å²) < 4.78 is 28.3. The predicted molar refractivity (Wildman–Crippen MR) is 149 cm³/mol. The van der Waals surface area contributed by atoms with E-state index in [1.165, 1.54) is 41.3 Å². The molecule has 0 aromatic heterocycles. The minimum atomic E-state index is -4.24. The first kappa shape index (κ1) is 29.3. The molecule has 1 N–H and O–H groups in total. The number of benzene rings is 3. The summed E-state index contributed by atoms with van der Waals surface area (Å²) in [6.07, 6.45) is 0.716. The number of anilines is 1. The number of non-ortho nitro benzene ring substituents is 1. The number of sulfonamides is 1. The van der Waals surface area contributed by atoms with E-state index in [1.807, 2.05) is 38.1 Å². The summed E-state index contributed by atoms with van der Waals surface area (Å²) in [6.45, 7) is 5.35. The Kier molecular flexibility index (Phi) is 9.78. The SMILES string of the molecule is CCCNC(=O)[C@H](C)N(Cc1ccc(C)cc1)C(=O)CN(c1ccc([N+](=O)[O-])cc1)S(=O)(=O)c1ccccc1. The van der Waals surface area contributed by atoms with Gasteiger partial charge in [-0.15, -0.1) is 0 Å². The van der Waals surface area contributed by atoms with E-state index >= 15 is 0 Å². The fourth-order valence-electron chi connectivity index (χ4n) is 3.86. The Morgan fingerprint density at radius 3 is 2.15 bits per heavy atom. The van der Waals surface area contributed by atoms with Crippen LogP contribution in [-0.2, 0) is 26.2 Å². The van der Waals surface area contributed by atoms with Gasteiger partial charge in [-0.3, -0.25) is 24.0 Å². The van der Waals surface area contributed by atoms with Gasteiger partial charge in [-0.25, -0.2) is 8.42 Å². The van der Waals surface area contributed by atoms with Crippen molar-refractivity contribution in [1.29, 1.82) is 0 Å². The number of nitro benzene ring substituents is 1. The van der Waals surface area contributed by atoms with Gasteiger partial charge >= 0.3 is 0 Å². The molecule has 10 nitrogen and oxygen atoms in total. The van der Waals surface area contributed by atoms with Crippen LogP contribution in [0.15, 0.2) is 83.8 Å². The molecule has 0 radical (unpaired) electrons. The highest BCUT2D eigenvalue weighted by Crippen LogP contribution is 2.26. The second-order valence-corrected chi connectivity index (χ2v) is 10.9. The van der Waals surface area contributed by atoms with Crippen molar-refractivity contribution in [2.45, 2.75) is 44.7 Å². The lowest BCUT2D eigenvalue weighted by atomic mass is 10.1. The Morgan fingerprint density at radius 1 is 0.974 bits per heavy atom. The first-order valence-corrected chi connectivity index (χ1v) is 13.9. The number of hydrogen-bond acceptors (Lipinski definition) is 6. The highest BCUT2D eigenvalue weighted by Gasteiger charge is 2.32. The van der Waals surface area contributed by atoms with Crippen LogP contribution < -0.4 is 9.62 Å². The first-order valence-electron chi connectivity index (χ1n) is 12.5. The minimum absolute atomic E-state index is 0.0463. The zero-order valence-electron chi connectivity index (χ0n) is 22.1. The Balaban J connectivity index is 2.02. The molecule has 39 heavy (non-hydrogen) atoms. The Morgan fingerprint density at radius 2 is 1.59 bits per heavy atom. The number of nitro groups is 1. The molecule has 0 spiro atoms. The summed E-state index contributed by atoms with van der Waals surface area (Å²) in [5.74, 6) is -0.960. The zero-order chi connectivity index (χ0) is 28.6. The summed E-state index contributed by atoms with van der Waals surface area (Å²) in [5.41, 5.74) is 1.67. The molecule has 0 aliphatic carbocycles. The lowest BCUT2D eigenvalue weighted by Gasteiger charge is -2.32. The van der Waals surface area contributed by atoms with Crippen molar-refractivity contribution in [3.63, 3.8) is 0 Å². The van der Waals surface area contributed by atoms with Gasteiger partial charge in [0.05, 0.1) is 15.5 Å². The zero-order valence-corrected chi connectivity index (χ0v) is 22.9. The van der Waals surface area contributed by atoms with Crippen LogP contribution in [0.5, 0.6) is 0 Å². The molecule has 0 fully saturated rings. The number of aryl methyl sites for hydroxylation is 1. The average molecular weight is 553 g/mol. The third-order valence-electron chi connectivity index (χ3n) is 6.15. The number of amides is 2. The van der Waals surface area contributed by atoms with Crippen LogP contribution in [0.2, 0.25) is 0 Å². The molecule has 1 atom stereocenters. The van der Waals surface area contributed by atoms with Crippen molar-refractivity contribution in [2.24, 2.45) is 0 Å². The normalized spacial score (nSPS) is 11.9. The molecule has 3 aromatic carbocycles. The molecule has 206 valence electrons. The molecule has 0 heterocycles. The first-order chi connectivity index (χ1) is 18.5. The van der Waals surface area contributed by atoms with Gasteiger partial charge in [0, 0.05) is 25.2 Å².